The molecule has 1 saturated heterocycles. The summed E-state index contributed by atoms with van der Waals surface area (Å²) < 4.78 is 14.0. The molecule has 0 spiro atoms. The van der Waals surface area contributed by atoms with Crippen molar-refractivity contribution < 1.29 is 14.3 Å². The molecular weight excluding hydrogens is 233 g/mol. The van der Waals surface area contributed by atoms with Crippen LogP contribution in [0.15, 0.2) is 18.2 Å². The Morgan fingerprint density at radius 1 is 1.50 bits per heavy atom. The van der Waals surface area contributed by atoms with Crippen molar-refractivity contribution in [2.75, 3.05) is 6.54 Å². The van der Waals surface area contributed by atoms with E-state index in [9.17, 15) is 9.18 Å². The maximum atomic E-state index is 14.0. The summed E-state index contributed by atoms with van der Waals surface area (Å²) in [7, 11) is 0. The van der Waals surface area contributed by atoms with Crippen LogP contribution in [-0.2, 0) is 6.54 Å². The van der Waals surface area contributed by atoms with Crippen molar-refractivity contribution in [2.24, 2.45) is 5.92 Å². The SMILES string of the molecule is CC1CC(C)N(Cc2cccc(C(=O)O)c2F)C1. The third-order valence-electron chi connectivity index (χ3n) is 3.60. The number of halogens is 1. The summed E-state index contributed by atoms with van der Waals surface area (Å²) in [6.45, 7) is 5.74. The van der Waals surface area contributed by atoms with Gasteiger partial charge in [0.25, 0.3) is 0 Å². The second-order valence-electron chi connectivity index (χ2n) is 5.20. The van der Waals surface area contributed by atoms with E-state index in [1.165, 1.54) is 6.07 Å². The van der Waals surface area contributed by atoms with Gasteiger partial charge < -0.3 is 5.11 Å². The van der Waals surface area contributed by atoms with Crippen LogP contribution in [0.4, 0.5) is 4.39 Å². The summed E-state index contributed by atoms with van der Waals surface area (Å²) in [5.74, 6) is -1.19. The van der Waals surface area contributed by atoms with E-state index in [4.69, 9.17) is 5.11 Å². The highest BCUT2D eigenvalue weighted by atomic mass is 19.1. The topological polar surface area (TPSA) is 40.5 Å². The first-order chi connectivity index (χ1) is 8.49. The van der Waals surface area contributed by atoms with Gasteiger partial charge in [0.05, 0.1) is 5.56 Å². The minimum atomic E-state index is -1.21. The first-order valence-corrected chi connectivity index (χ1v) is 6.23. The molecule has 0 radical (unpaired) electrons. The predicted molar refractivity (Wildman–Crippen MR) is 67.0 cm³/mol. The van der Waals surface area contributed by atoms with E-state index in [-0.39, 0.29) is 5.56 Å². The largest absolute Gasteiger partial charge is 0.478 e. The fourth-order valence-corrected chi connectivity index (χ4v) is 2.69. The van der Waals surface area contributed by atoms with Crippen molar-refractivity contribution in [1.82, 2.24) is 4.90 Å². The van der Waals surface area contributed by atoms with Gasteiger partial charge in [-0.15, -0.1) is 0 Å². The van der Waals surface area contributed by atoms with Crippen LogP contribution in [0.25, 0.3) is 0 Å². The molecule has 18 heavy (non-hydrogen) atoms. The summed E-state index contributed by atoms with van der Waals surface area (Å²) in [6.07, 6.45) is 1.11. The van der Waals surface area contributed by atoms with E-state index in [1.54, 1.807) is 12.1 Å². The van der Waals surface area contributed by atoms with E-state index >= 15 is 0 Å². The molecule has 0 aromatic heterocycles. The second kappa shape index (κ2) is 5.06. The molecule has 0 saturated carbocycles. The van der Waals surface area contributed by atoms with Crippen LogP contribution in [0.2, 0.25) is 0 Å². The zero-order valence-electron chi connectivity index (χ0n) is 10.7. The van der Waals surface area contributed by atoms with E-state index in [1.807, 2.05) is 0 Å². The second-order valence-corrected chi connectivity index (χ2v) is 5.20. The van der Waals surface area contributed by atoms with Crippen LogP contribution < -0.4 is 0 Å². The Morgan fingerprint density at radius 2 is 2.22 bits per heavy atom. The van der Waals surface area contributed by atoms with Gasteiger partial charge in [-0.3, -0.25) is 4.90 Å². The molecule has 2 rings (SSSR count). The molecule has 2 atom stereocenters. The number of nitrogens with zero attached hydrogens (tertiary/aromatic N) is 1. The fourth-order valence-electron chi connectivity index (χ4n) is 2.69. The number of benzene rings is 1. The lowest BCUT2D eigenvalue weighted by Crippen LogP contribution is -2.27. The minimum absolute atomic E-state index is 0.243. The molecule has 0 amide bonds. The van der Waals surface area contributed by atoms with E-state index < -0.39 is 11.8 Å². The maximum Gasteiger partial charge on any atom is 0.338 e. The molecule has 1 aliphatic rings. The summed E-state index contributed by atoms with van der Waals surface area (Å²) in [5, 5.41) is 8.89. The molecule has 1 fully saturated rings. The summed E-state index contributed by atoms with van der Waals surface area (Å²) >= 11 is 0. The highest BCUT2D eigenvalue weighted by Gasteiger charge is 2.27. The Labute approximate surface area is 106 Å². The first-order valence-electron chi connectivity index (χ1n) is 6.23. The summed E-state index contributed by atoms with van der Waals surface area (Å²) in [6, 6.07) is 4.99. The van der Waals surface area contributed by atoms with Crippen LogP contribution in [0.5, 0.6) is 0 Å². The number of carboxylic acids is 1. The first kappa shape index (κ1) is 13.0. The molecule has 0 aliphatic carbocycles. The molecule has 98 valence electrons. The van der Waals surface area contributed by atoms with Gasteiger partial charge in [0.2, 0.25) is 0 Å². The molecular formula is C14H18FNO2. The number of hydrogen-bond donors (Lipinski definition) is 1. The lowest BCUT2D eigenvalue weighted by atomic mass is 10.1. The smallest absolute Gasteiger partial charge is 0.338 e. The number of hydrogen-bond acceptors (Lipinski definition) is 2. The van der Waals surface area contributed by atoms with Gasteiger partial charge >= 0.3 is 5.97 Å². The van der Waals surface area contributed by atoms with Crippen molar-refractivity contribution in [2.45, 2.75) is 32.9 Å². The van der Waals surface area contributed by atoms with Crippen LogP contribution in [0.3, 0.4) is 0 Å². The number of likely N-dealkylation sites (tertiary alicyclic amines) is 1. The third-order valence-corrected chi connectivity index (χ3v) is 3.60. The van der Waals surface area contributed by atoms with E-state index in [2.05, 4.69) is 18.7 Å². The van der Waals surface area contributed by atoms with E-state index in [0.29, 0.717) is 24.1 Å². The van der Waals surface area contributed by atoms with Crippen molar-refractivity contribution in [3.8, 4) is 0 Å². The van der Waals surface area contributed by atoms with Crippen molar-refractivity contribution in [1.29, 1.82) is 0 Å². The van der Waals surface area contributed by atoms with Crippen molar-refractivity contribution in [3.63, 3.8) is 0 Å². The van der Waals surface area contributed by atoms with Crippen molar-refractivity contribution in [3.05, 3.63) is 35.1 Å². The highest BCUT2D eigenvalue weighted by Crippen LogP contribution is 2.25. The number of carboxylic acid groups (broad SMARTS) is 1. The fraction of sp³-hybridized carbons (Fsp3) is 0.500. The molecule has 1 N–H and O–H groups in total. The molecule has 1 heterocycles. The molecule has 2 unspecified atom stereocenters. The molecule has 1 aromatic rings. The number of rotatable bonds is 3. The molecule has 0 bridgehead atoms. The standard InChI is InChI=1S/C14H18FNO2/c1-9-6-10(2)16(7-9)8-11-4-3-5-12(13(11)15)14(17)18/h3-5,9-10H,6-8H2,1-2H3,(H,17,18). The third kappa shape index (κ3) is 2.53. The van der Waals surface area contributed by atoms with E-state index in [0.717, 1.165) is 13.0 Å². The lowest BCUT2D eigenvalue weighted by Gasteiger charge is -2.21. The van der Waals surface area contributed by atoms with Gasteiger partial charge in [0.15, 0.2) is 0 Å². The van der Waals surface area contributed by atoms with Crippen LogP contribution in [-0.4, -0.2) is 28.6 Å². The zero-order chi connectivity index (χ0) is 13.3. The molecule has 1 aromatic carbocycles. The number of carbonyl (C=O) groups is 1. The number of aromatic carboxylic acids is 1. The van der Waals surface area contributed by atoms with Crippen LogP contribution in [0, 0.1) is 11.7 Å². The Kier molecular flexibility index (Phi) is 3.66. The predicted octanol–water partition coefficient (Wildman–Crippen LogP) is 2.75. The summed E-state index contributed by atoms with van der Waals surface area (Å²) in [5.41, 5.74) is 0.225. The van der Waals surface area contributed by atoms with Gasteiger partial charge in [-0.05, 0) is 25.3 Å². The Hall–Kier alpha value is -1.42. The monoisotopic (exact) mass is 251 g/mol. The normalized spacial score (nSPS) is 24.4. The lowest BCUT2D eigenvalue weighted by molar-refractivity contribution is 0.0691. The highest BCUT2D eigenvalue weighted by molar-refractivity contribution is 5.88. The van der Waals surface area contributed by atoms with Crippen LogP contribution >= 0.6 is 0 Å². The van der Waals surface area contributed by atoms with Gasteiger partial charge in [0.1, 0.15) is 5.82 Å². The average Bonchev–Trinajstić information content (AvgIpc) is 2.60. The minimum Gasteiger partial charge on any atom is -0.478 e. The Morgan fingerprint density at radius 3 is 2.78 bits per heavy atom. The summed E-state index contributed by atoms with van der Waals surface area (Å²) in [4.78, 5) is 13.1. The Balaban J connectivity index is 2.19. The molecule has 1 aliphatic heterocycles. The molecule has 3 nitrogen and oxygen atoms in total. The zero-order valence-corrected chi connectivity index (χ0v) is 10.7. The van der Waals surface area contributed by atoms with Crippen molar-refractivity contribution >= 4 is 5.97 Å². The van der Waals surface area contributed by atoms with Gasteiger partial charge in [-0.1, -0.05) is 19.1 Å². The van der Waals surface area contributed by atoms with Gasteiger partial charge in [0, 0.05) is 24.7 Å². The van der Waals surface area contributed by atoms with Gasteiger partial charge in [-0.2, -0.15) is 0 Å². The molecule has 4 heteroatoms. The van der Waals surface area contributed by atoms with Crippen LogP contribution in [0.1, 0.15) is 36.2 Å². The quantitative estimate of drug-likeness (QED) is 0.898. The average molecular weight is 251 g/mol. The Bertz CT molecular complexity index is 461. The maximum absolute atomic E-state index is 14.0. The van der Waals surface area contributed by atoms with Gasteiger partial charge in [-0.25, -0.2) is 9.18 Å².